The molecule has 2 aromatic rings. The number of nitrogens with zero attached hydrogens (tertiary/aromatic N) is 2. The van der Waals surface area contributed by atoms with Crippen molar-refractivity contribution in [3.63, 3.8) is 0 Å². The van der Waals surface area contributed by atoms with E-state index >= 15 is 0 Å². The Hall–Kier alpha value is -2.63. The fourth-order valence-corrected chi connectivity index (χ4v) is 1.40. The first-order chi connectivity index (χ1) is 9.08. The van der Waals surface area contributed by atoms with E-state index in [0.29, 0.717) is 11.3 Å². The first-order valence-corrected chi connectivity index (χ1v) is 5.61. The third-order valence-corrected chi connectivity index (χ3v) is 2.42. The molecule has 0 aromatic carbocycles. The summed E-state index contributed by atoms with van der Waals surface area (Å²) in [6.07, 6.45) is 3.23. The Bertz CT molecular complexity index is 635. The lowest BCUT2D eigenvalue weighted by Gasteiger charge is -2.11. The minimum atomic E-state index is -0.600. The maximum atomic E-state index is 11.8. The molecule has 2 heterocycles. The molecular formula is C13H13N3O3. The number of anilines is 1. The Balaban J connectivity index is 2.28. The molecule has 98 valence electrons. The molecule has 6 nitrogen and oxygen atoms in total. The van der Waals surface area contributed by atoms with Gasteiger partial charge in [-0.05, 0) is 24.3 Å². The molecule has 0 radical (unpaired) electrons. The van der Waals surface area contributed by atoms with Crippen LogP contribution in [-0.2, 0) is 0 Å². The fraction of sp³-hybridized carbons (Fsp3) is 0.154. The van der Waals surface area contributed by atoms with E-state index in [9.17, 15) is 9.59 Å². The van der Waals surface area contributed by atoms with Crippen LogP contribution in [0.25, 0.3) is 11.3 Å². The molecule has 19 heavy (non-hydrogen) atoms. The number of nitrogens with one attached hydrogen (secondary N) is 1. The predicted octanol–water partition coefficient (Wildman–Crippen LogP) is 1.80. The molecular weight excluding hydrogens is 246 g/mol. The lowest BCUT2D eigenvalue weighted by molar-refractivity contribution is 0.230. The summed E-state index contributed by atoms with van der Waals surface area (Å²) in [4.78, 5) is 28.5. The first-order valence-electron chi connectivity index (χ1n) is 5.61. The summed E-state index contributed by atoms with van der Waals surface area (Å²) in [5, 5.41) is 2.45. The predicted molar refractivity (Wildman–Crippen MR) is 70.9 cm³/mol. The lowest BCUT2D eigenvalue weighted by Crippen LogP contribution is -2.29. The van der Waals surface area contributed by atoms with Crippen molar-refractivity contribution in [3.8, 4) is 11.3 Å². The second kappa shape index (κ2) is 5.34. The second-order valence-corrected chi connectivity index (χ2v) is 4.07. The van der Waals surface area contributed by atoms with Gasteiger partial charge < -0.3 is 14.6 Å². The summed E-state index contributed by atoms with van der Waals surface area (Å²) in [5.74, 6) is 0.404. The number of aromatic nitrogens is 1. The molecule has 0 aliphatic carbocycles. The van der Waals surface area contributed by atoms with E-state index in [1.54, 1.807) is 44.7 Å². The molecule has 0 spiro atoms. The number of hydrogen-bond acceptors (Lipinski definition) is 4. The van der Waals surface area contributed by atoms with Gasteiger partial charge in [-0.15, -0.1) is 0 Å². The molecule has 0 atom stereocenters. The Labute approximate surface area is 109 Å². The van der Waals surface area contributed by atoms with Gasteiger partial charge in [0.2, 0.25) is 0 Å². The largest absolute Gasteiger partial charge is 0.421 e. The van der Waals surface area contributed by atoms with Gasteiger partial charge in [0.05, 0.1) is 0 Å². The molecule has 2 amide bonds. The molecule has 2 aromatic heterocycles. The highest BCUT2D eigenvalue weighted by Crippen LogP contribution is 2.17. The van der Waals surface area contributed by atoms with E-state index in [1.165, 1.54) is 11.0 Å². The van der Waals surface area contributed by atoms with Gasteiger partial charge in [0.25, 0.3) is 0 Å². The topological polar surface area (TPSA) is 75.4 Å². The van der Waals surface area contributed by atoms with Crippen LogP contribution in [0.15, 0.2) is 45.9 Å². The molecule has 0 unspecified atom stereocenters. The highest BCUT2D eigenvalue weighted by atomic mass is 16.4. The number of carbonyl (C=O) groups excluding carboxylic acids is 1. The Morgan fingerprint density at radius 3 is 2.68 bits per heavy atom. The smallest absolute Gasteiger partial charge is 0.360 e. The van der Waals surface area contributed by atoms with Gasteiger partial charge in [-0.25, -0.2) is 9.59 Å². The number of hydrogen-bond donors (Lipinski definition) is 1. The van der Waals surface area contributed by atoms with Crippen molar-refractivity contribution in [2.75, 3.05) is 19.4 Å². The van der Waals surface area contributed by atoms with Crippen LogP contribution in [0.2, 0.25) is 0 Å². The number of amides is 2. The summed E-state index contributed by atoms with van der Waals surface area (Å²) in [5.41, 5.74) is 0.202. The number of pyridine rings is 1. The fourth-order valence-electron chi connectivity index (χ4n) is 1.40. The summed E-state index contributed by atoms with van der Waals surface area (Å²) in [6, 6.07) is 6.26. The SMILES string of the molecule is CN(C)C(=O)Nc1ccc(-c2cccnc2)oc1=O. The molecule has 0 saturated heterocycles. The Kier molecular flexibility index (Phi) is 3.61. The van der Waals surface area contributed by atoms with Crippen molar-refractivity contribution in [2.45, 2.75) is 0 Å². The zero-order valence-electron chi connectivity index (χ0n) is 10.6. The molecule has 1 N–H and O–H groups in total. The summed E-state index contributed by atoms with van der Waals surface area (Å²) >= 11 is 0. The highest BCUT2D eigenvalue weighted by molar-refractivity contribution is 5.88. The zero-order valence-corrected chi connectivity index (χ0v) is 10.6. The van der Waals surface area contributed by atoms with Crippen molar-refractivity contribution < 1.29 is 9.21 Å². The van der Waals surface area contributed by atoms with Gasteiger partial charge in [0.15, 0.2) is 0 Å². The van der Waals surface area contributed by atoms with Crippen molar-refractivity contribution in [1.29, 1.82) is 0 Å². The average molecular weight is 259 g/mol. The van der Waals surface area contributed by atoms with Gasteiger partial charge in [-0.2, -0.15) is 0 Å². The molecule has 0 aliphatic heterocycles. The van der Waals surface area contributed by atoms with Gasteiger partial charge in [-0.3, -0.25) is 4.98 Å². The van der Waals surface area contributed by atoms with Crippen molar-refractivity contribution in [3.05, 3.63) is 47.1 Å². The molecule has 0 fully saturated rings. The van der Waals surface area contributed by atoms with E-state index in [0.717, 1.165) is 0 Å². The average Bonchev–Trinajstić information content (AvgIpc) is 2.41. The maximum Gasteiger partial charge on any atom is 0.360 e. The number of urea groups is 1. The lowest BCUT2D eigenvalue weighted by atomic mass is 10.2. The van der Waals surface area contributed by atoms with Crippen LogP contribution < -0.4 is 10.9 Å². The van der Waals surface area contributed by atoms with Crippen LogP contribution in [-0.4, -0.2) is 30.0 Å². The zero-order chi connectivity index (χ0) is 13.8. The monoisotopic (exact) mass is 259 g/mol. The van der Waals surface area contributed by atoms with Crippen LogP contribution in [0.5, 0.6) is 0 Å². The van der Waals surface area contributed by atoms with Crippen LogP contribution in [0.3, 0.4) is 0 Å². The van der Waals surface area contributed by atoms with E-state index < -0.39 is 5.63 Å². The molecule has 0 bridgehead atoms. The molecule has 2 rings (SSSR count). The third kappa shape index (κ3) is 2.98. The van der Waals surface area contributed by atoms with Crippen LogP contribution in [0.4, 0.5) is 10.5 Å². The quantitative estimate of drug-likeness (QED) is 0.892. The minimum Gasteiger partial charge on any atom is -0.421 e. The summed E-state index contributed by atoms with van der Waals surface area (Å²) in [7, 11) is 3.17. The van der Waals surface area contributed by atoms with E-state index in [1.807, 2.05) is 0 Å². The highest BCUT2D eigenvalue weighted by Gasteiger charge is 2.10. The molecule has 6 heteroatoms. The van der Waals surface area contributed by atoms with Crippen molar-refractivity contribution >= 4 is 11.7 Å². The van der Waals surface area contributed by atoms with Crippen molar-refractivity contribution in [1.82, 2.24) is 9.88 Å². The summed E-state index contributed by atoms with van der Waals surface area (Å²) < 4.78 is 5.15. The van der Waals surface area contributed by atoms with Crippen LogP contribution in [0, 0.1) is 0 Å². The molecule has 0 saturated carbocycles. The molecule has 0 aliphatic rings. The standard InChI is InChI=1S/C13H13N3O3/c1-16(2)13(18)15-10-5-6-11(19-12(10)17)9-4-3-7-14-8-9/h3-8H,1-2H3,(H,15,18). The number of rotatable bonds is 2. The van der Waals surface area contributed by atoms with Crippen LogP contribution >= 0.6 is 0 Å². The van der Waals surface area contributed by atoms with E-state index in [2.05, 4.69) is 10.3 Å². The van der Waals surface area contributed by atoms with Gasteiger partial charge in [0.1, 0.15) is 11.4 Å². The van der Waals surface area contributed by atoms with Gasteiger partial charge in [-0.1, -0.05) is 0 Å². The normalized spacial score (nSPS) is 10.0. The maximum absolute atomic E-state index is 11.8. The Morgan fingerprint density at radius 2 is 2.11 bits per heavy atom. The van der Waals surface area contributed by atoms with Gasteiger partial charge >= 0.3 is 11.7 Å². The summed E-state index contributed by atoms with van der Waals surface area (Å²) in [6.45, 7) is 0. The van der Waals surface area contributed by atoms with Gasteiger partial charge in [0, 0.05) is 32.1 Å². The van der Waals surface area contributed by atoms with Crippen LogP contribution in [0.1, 0.15) is 0 Å². The number of carbonyl (C=O) groups is 1. The van der Waals surface area contributed by atoms with Crippen molar-refractivity contribution in [2.24, 2.45) is 0 Å². The second-order valence-electron chi connectivity index (χ2n) is 4.07. The van der Waals surface area contributed by atoms with E-state index in [-0.39, 0.29) is 11.7 Å². The minimum absolute atomic E-state index is 0.103. The van der Waals surface area contributed by atoms with E-state index in [4.69, 9.17) is 4.42 Å². The first kappa shape index (κ1) is 12.8. The Morgan fingerprint density at radius 1 is 1.32 bits per heavy atom. The third-order valence-electron chi connectivity index (χ3n) is 2.42.